The first-order valence-corrected chi connectivity index (χ1v) is 11.5. The number of amides is 4. The summed E-state index contributed by atoms with van der Waals surface area (Å²) in [6, 6.07) is 7.22. The number of benzene rings is 2. The van der Waals surface area contributed by atoms with Crippen LogP contribution in [0.1, 0.15) is 41.5 Å². The van der Waals surface area contributed by atoms with Crippen molar-refractivity contribution in [2.45, 2.75) is 52.5 Å². The molecule has 0 aromatic heterocycles. The van der Waals surface area contributed by atoms with Crippen molar-refractivity contribution in [2.24, 2.45) is 5.41 Å². The van der Waals surface area contributed by atoms with Crippen molar-refractivity contribution in [3.8, 4) is 0 Å². The van der Waals surface area contributed by atoms with Crippen LogP contribution in [-0.4, -0.2) is 35.4 Å². The minimum atomic E-state index is -1.56. The number of aryl methyl sites for hydroxylation is 3. The van der Waals surface area contributed by atoms with Crippen molar-refractivity contribution in [2.75, 3.05) is 16.3 Å². The van der Waals surface area contributed by atoms with E-state index >= 15 is 0 Å². The average Bonchev–Trinajstić information content (AvgIpc) is 2.78. The van der Waals surface area contributed by atoms with E-state index in [1.165, 1.54) is 12.1 Å². The van der Waals surface area contributed by atoms with E-state index in [0.29, 0.717) is 24.2 Å². The van der Waals surface area contributed by atoms with Crippen LogP contribution in [0.4, 0.5) is 21.9 Å². The number of carbonyl (C=O) groups is 3. The highest BCUT2D eigenvalue weighted by atomic mass is 16.6. The van der Waals surface area contributed by atoms with Gasteiger partial charge in [0.1, 0.15) is 0 Å². The first kappa shape index (κ1) is 22.1. The summed E-state index contributed by atoms with van der Waals surface area (Å²) in [5.74, 6) is -1.19. The lowest BCUT2D eigenvalue weighted by Gasteiger charge is -2.53. The average molecular weight is 463 g/mol. The van der Waals surface area contributed by atoms with Gasteiger partial charge in [0.05, 0.1) is 16.7 Å². The van der Waals surface area contributed by atoms with Gasteiger partial charge in [0, 0.05) is 30.8 Å². The Hall–Kier alpha value is -3.75. The number of rotatable bonds is 2. The van der Waals surface area contributed by atoms with E-state index in [2.05, 4.69) is 5.32 Å². The number of nitro benzene ring substituents is 1. The fourth-order valence-electron chi connectivity index (χ4n) is 6.09. The summed E-state index contributed by atoms with van der Waals surface area (Å²) in [7, 11) is 0. The first-order valence-electron chi connectivity index (χ1n) is 11.5. The molecule has 34 heavy (non-hydrogen) atoms. The van der Waals surface area contributed by atoms with Crippen molar-refractivity contribution < 1.29 is 19.3 Å². The van der Waals surface area contributed by atoms with E-state index in [9.17, 15) is 24.5 Å². The largest absolute Gasteiger partial charge is 0.367 e. The number of barbiturate groups is 1. The summed E-state index contributed by atoms with van der Waals surface area (Å²) in [6.45, 7) is 6.25. The number of carbonyl (C=O) groups excluding carboxylic acids is 3. The monoisotopic (exact) mass is 462 g/mol. The molecule has 2 atom stereocenters. The maximum atomic E-state index is 14.3. The van der Waals surface area contributed by atoms with Gasteiger partial charge in [0.15, 0.2) is 5.41 Å². The van der Waals surface area contributed by atoms with Crippen molar-refractivity contribution in [1.82, 2.24) is 5.32 Å². The molecule has 0 unspecified atom stereocenters. The Morgan fingerprint density at radius 3 is 2.44 bits per heavy atom. The zero-order valence-electron chi connectivity index (χ0n) is 19.4. The number of nitrogens with zero attached hydrogens (tertiary/aromatic N) is 3. The Morgan fingerprint density at radius 2 is 1.76 bits per heavy atom. The number of hydrogen-bond donors (Lipinski definition) is 1. The second-order valence-corrected chi connectivity index (χ2v) is 9.57. The van der Waals surface area contributed by atoms with E-state index in [1.807, 2.05) is 37.8 Å². The van der Waals surface area contributed by atoms with Crippen LogP contribution in [0.15, 0.2) is 30.3 Å². The van der Waals surface area contributed by atoms with Crippen LogP contribution in [0.3, 0.4) is 0 Å². The molecule has 2 saturated heterocycles. The quantitative estimate of drug-likeness (QED) is 0.414. The molecule has 4 amide bonds. The molecular weight excluding hydrogens is 436 g/mol. The molecule has 0 bridgehead atoms. The SMILES string of the molecule is Cc1cc(C)c(N2C(=O)NC(=O)[C@]3(Cc4cc([N+](=O)[O-])ccc4N4CCCC[C@H]43)C2=O)c(C)c1. The van der Waals surface area contributed by atoms with Crippen molar-refractivity contribution in [3.63, 3.8) is 0 Å². The van der Waals surface area contributed by atoms with Crippen molar-refractivity contribution in [3.05, 3.63) is 62.7 Å². The maximum Gasteiger partial charge on any atom is 0.335 e. The fourth-order valence-corrected chi connectivity index (χ4v) is 6.09. The molecule has 176 valence electrons. The van der Waals surface area contributed by atoms with Gasteiger partial charge in [-0.25, -0.2) is 9.69 Å². The number of fused-ring (bicyclic) bond motifs is 4. The Morgan fingerprint density at radius 1 is 1.06 bits per heavy atom. The van der Waals surface area contributed by atoms with E-state index in [1.54, 1.807) is 6.07 Å². The highest BCUT2D eigenvalue weighted by molar-refractivity contribution is 6.31. The van der Waals surface area contributed by atoms with Gasteiger partial charge in [-0.1, -0.05) is 17.7 Å². The van der Waals surface area contributed by atoms with Crippen LogP contribution in [0.2, 0.25) is 0 Å². The Labute approximate surface area is 196 Å². The van der Waals surface area contributed by atoms with E-state index in [4.69, 9.17) is 0 Å². The lowest BCUT2D eigenvalue weighted by molar-refractivity contribution is -0.384. The fraction of sp³-hybridized carbons (Fsp3) is 0.400. The van der Waals surface area contributed by atoms with Crippen LogP contribution in [0, 0.1) is 36.3 Å². The summed E-state index contributed by atoms with van der Waals surface area (Å²) in [5, 5.41) is 13.9. The third-order valence-corrected chi connectivity index (χ3v) is 7.40. The lowest BCUT2D eigenvalue weighted by Crippen LogP contribution is -2.73. The van der Waals surface area contributed by atoms with Crippen LogP contribution < -0.4 is 15.1 Å². The van der Waals surface area contributed by atoms with Gasteiger partial charge in [-0.2, -0.15) is 0 Å². The molecule has 2 aromatic carbocycles. The van der Waals surface area contributed by atoms with Crippen LogP contribution in [-0.2, 0) is 16.0 Å². The number of anilines is 2. The molecule has 1 spiro atoms. The van der Waals surface area contributed by atoms with Gasteiger partial charge in [-0.3, -0.25) is 25.0 Å². The highest BCUT2D eigenvalue weighted by Crippen LogP contribution is 2.49. The van der Waals surface area contributed by atoms with Crippen molar-refractivity contribution >= 4 is 34.9 Å². The minimum Gasteiger partial charge on any atom is -0.367 e. The number of imide groups is 2. The molecule has 0 saturated carbocycles. The summed E-state index contributed by atoms with van der Waals surface area (Å²) in [6.07, 6.45) is 2.35. The van der Waals surface area contributed by atoms with Gasteiger partial charge >= 0.3 is 6.03 Å². The number of non-ortho nitro benzene ring substituents is 1. The molecule has 9 nitrogen and oxygen atoms in total. The predicted octanol–water partition coefficient (Wildman–Crippen LogP) is 3.70. The van der Waals surface area contributed by atoms with E-state index < -0.39 is 34.2 Å². The number of urea groups is 1. The molecule has 3 heterocycles. The zero-order chi connectivity index (χ0) is 24.4. The van der Waals surface area contributed by atoms with Crippen LogP contribution >= 0.6 is 0 Å². The zero-order valence-corrected chi connectivity index (χ0v) is 19.4. The summed E-state index contributed by atoms with van der Waals surface area (Å²) < 4.78 is 0. The second-order valence-electron chi connectivity index (χ2n) is 9.57. The molecule has 0 aliphatic carbocycles. The van der Waals surface area contributed by atoms with Crippen LogP contribution in [0.5, 0.6) is 0 Å². The minimum absolute atomic E-state index is 0.00355. The number of piperidine rings is 1. The summed E-state index contributed by atoms with van der Waals surface area (Å²) in [5.41, 5.74) is 2.75. The third kappa shape index (κ3) is 3.03. The van der Waals surface area contributed by atoms with Gasteiger partial charge < -0.3 is 4.90 Å². The number of nitro groups is 1. The molecule has 9 heteroatoms. The number of hydrogen-bond acceptors (Lipinski definition) is 6. The first-order chi connectivity index (χ1) is 16.1. The van der Waals surface area contributed by atoms with Crippen molar-refractivity contribution in [1.29, 1.82) is 0 Å². The summed E-state index contributed by atoms with van der Waals surface area (Å²) >= 11 is 0. The third-order valence-electron chi connectivity index (χ3n) is 7.40. The Bertz CT molecular complexity index is 1250. The van der Waals surface area contributed by atoms with Gasteiger partial charge in [-0.05, 0) is 62.8 Å². The topological polar surface area (TPSA) is 113 Å². The Kier molecular flexibility index (Phi) is 4.96. The number of nitrogens with one attached hydrogen (secondary N) is 1. The molecule has 2 aromatic rings. The van der Waals surface area contributed by atoms with E-state index in [0.717, 1.165) is 40.1 Å². The molecule has 3 aliphatic heterocycles. The van der Waals surface area contributed by atoms with Gasteiger partial charge in [0.2, 0.25) is 5.91 Å². The normalized spacial score (nSPS) is 24.1. The smallest absolute Gasteiger partial charge is 0.335 e. The van der Waals surface area contributed by atoms with Gasteiger partial charge in [0.25, 0.3) is 11.6 Å². The standard InChI is InChI=1S/C25H26N4O5/c1-14-10-15(2)21(16(3)11-14)28-23(31)25(22(30)26-24(28)32)13-17-12-18(29(33)34)7-8-19(17)27-9-5-4-6-20(25)27/h7-8,10-12,20H,4-6,9,13H2,1-3H3,(H,26,30,32)/t20-,25+/m0/s1. The second kappa shape index (κ2) is 7.65. The molecule has 3 aliphatic rings. The lowest BCUT2D eigenvalue weighted by atomic mass is 9.66. The highest BCUT2D eigenvalue weighted by Gasteiger charge is 2.62. The molecular formula is C25H26N4O5. The van der Waals surface area contributed by atoms with Crippen LogP contribution in [0.25, 0.3) is 0 Å². The maximum absolute atomic E-state index is 14.3. The molecule has 1 N–H and O–H groups in total. The van der Waals surface area contributed by atoms with E-state index in [-0.39, 0.29) is 12.1 Å². The molecule has 5 rings (SSSR count). The predicted molar refractivity (Wildman–Crippen MR) is 126 cm³/mol. The molecule has 0 radical (unpaired) electrons. The Balaban J connectivity index is 1.70. The summed E-state index contributed by atoms with van der Waals surface area (Å²) in [4.78, 5) is 55.0. The molecule has 2 fully saturated rings. The van der Waals surface area contributed by atoms with Gasteiger partial charge in [-0.15, -0.1) is 0 Å².